The van der Waals surface area contributed by atoms with Gasteiger partial charge in [0.25, 0.3) is 5.91 Å². The molecule has 0 aliphatic carbocycles. The quantitative estimate of drug-likeness (QED) is 0.700. The zero-order chi connectivity index (χ0) is 19.1. The highest BCUT2D eigenvalue weighted by molar-refractivity contribution is 6.35. The van der Waals surface area contributed by atoms with Gasteiger partial charge in [-0.05, 0) is 36.2 Å². The third-order valence-corrected chi connectivity index (χ3v) is 4.09. The minimum Gasteiger partial charge on any atom is -0.504 e. The van der Waals surface area contributed by atoms with Crippen molar-refractivity contribution < 1.29 is 24.2 Å². The van der Waals surface area contributed by atoms with E-state index in [1.54, 1.807) is 18.2 Å². The van der Waals surface area contributed by atoms with Crippen molar-refractivity contribution in [3.05, 3.63) is 57.6 Å². The van der Waals surface area contributed by atoms with Crippen molar-refractivity contribution in [1.29, 1.82) is 0 Å². The highest BCUT2D eigenvalue weighted by atomic mass is 35.5. The lowest BCUT2D eigenvalue weighted by Crippen LogP contribution is -2.30. The Morgan fingerprint density at radius 2 is 1.96 bits per heavy atom. The number of phenolic OH excluding ortho intramolecular Hbond substituents is 1. The Bertz CT molecular complexity index is 810. The topological polar surface area (TPSA) is 84.9 Å². The van der Waals surface area contributed by atoms with Gasteiger partial charge in [0.1, 0.15) is 5.56 Å². The molecule has 0 aliphatic heterocycles. The maximum Gasteiger partial charge on any atom is 0.342 e. The number of ether oxygens (including phenoxy) is 2. The van der Waals surface area contributed by atoms with E-state index in [1.807, 2.05) is 0 Å². The van der Waals surface area contributed by atoms with Gasteiger partial charge in [0.15, 0.2) is 18.1 Å². The second-order valence-corrected chi connectivity index (χ2v) is 6.11. The predicted octanol–water partition coefficient (Wildman–Crippen LogP) is 3.22. The summed E-state index contributed by atoms with van der Waals surface area (Å²) in [5, 5.41) is 13.6. The Labute approximate surface area is 160 Å². The summed E-state index contributed by atoms with van der Waals surface area (Å²) < 4.78 is 9.82. The third-order valence-electron chi connectivity index (χ3n) is 3.50. The molecule has 0 saturated carbocycles. The maximum absolute atomic E-state index is 12.0. The number of hydrogen-bond acceptors (Lipinski definition) is 5. The molecule has 0 unspecified atom stereocenters. The fraction of sp³-hybridized carbons (Fsp3) is 0.222. The molecule has 26 heavy (non-hydrogen) atoms. The average Bonchev–Trinajstić information content (AvgIpc) is 2.61. The molecular weight excluding hydrogens is 381 g/mol. The first-order valence-electron chi connectivity index (χ1n) is 7.66. The standard InChI is InChI=1S/C18H17Cl2NO5/c1-25-15-4-2-3-13(17(15)23)18(24)26-10-16(22)21-8-7-11-5-6-12(19)9-14(11)20/h2-6,9,23H,7-8,10H2,1H3,(H,21,22). The molecule has 1 amide bonds. The zero-order valence-corrected chi connectivity index (χ0v) is 15.4. The van der Waals surface area contributed by atoms with Crippen molar-refractivity contribution in [3.8, 4) is 11.5 Å². The number of phenols is 1. The van der Waals surface area contributed by atoms with Gasteiger partial charge in [0.05, 0.1) is 7.11 Å². The number of carbonyl (C=O) groups is 2. The summed E-state index contributed by atoms with van der Waals surface area (Å²) in [6.45, 7) is -0.147. The number of halogens is 2. The number of methoxy groups -OCH3 is 1. The van der Waals surface area contributed by atoms with Gasteiger partial charge >= 0.3 is 5.97 Å². The second-order valence-electron chi connectivity index (χ2n) is 5.27. The molecule has 2 aromatic rings. The third kappa shape index (κ3) is 5.28. The smallest absolute Gasteiger partial charge is 0.342 e. The Kier molecular flexibility index (Phi) is 7.12. The first-order valence-corrected chi connectivity index (χ1v) is 8.41. The number of para-hydroxylation sites is 1. The predicted molar refractivity (Wildman–Crippen MR) is 98.1 cm³/mol. The molecule has 0 saturated heterocycles. The number of hydrogen-bond donors (Lipinski definition) is 2. The second kappa shape index (κ2) is 9.31. The highest BCUT2D eigenvalue weighted by Crippen LogP contribution is 2.29. The molecule has 0 heterocycles. The van der Waals surface area contributed by atoms with Crippen LogP contribution in [-0.2, 0) is 16.0 Å². The number of nitrogens with one attached hydrogen (secondary N) is 1. The molecule has 0 atom stereocenters. The van der Waals surface area contributed by atoms with Gasteiger partial charge < -0.3 is 19.9 Å². The van der Waals surface area contributed by atoms with Crippen LogP contribution in [0.1, 0.15) is 15.9 Å². The number of esters is 1. The van der Waals surface area contributed by atoms with Gasteiger partial charge in [0.2, 0.25) is 0 Å². The van der Waals surface area contributed by atoms with Crippen LogP contribution in [0.3, 0.4) is 0 Å². The molecule has 8 heteroatoms. The van der Waals surface area contributed by atoms with E-state index in [0.29, 0.717) is 23.0 Å². The largest absolute Gasteiger partial charge is 0.504 e. The van der Waals surface area contributed by atoms with Crippen molar-refractivity contribution in [2.75, 3.05) is 20.3 Å². The van der Waals surface area contributed by atoms with Crippen LogP contribution in [-0.4, -0.2) is 37.2 Å². The Hall–Kier alpha value is -2.44. The van der Waals surface area contributed by atoms with Crippen LogP contribution in [0, 0.1) is 0 Å². The summed E-state index contributed by atoms with van der Waals surface area (Å²) in [6, 6.07) is 9.53. The molecule has 2 rings (SSSR count). The monoisotopic (exact) mass is 397 g/mol. The van der Waals surface area contributed by atoms with E-state index in [2.05, 4.69) is 5.32 Å². The van der Waals surface area contributed by atoms with E-state index in [4.69, 9.17) is 32.7 Å². The molecule has 0 aliphatic rings. The van der Waals surface area contributed by atoms with E-state index in [9.17, 15) is 14.7 Å². The molecule has 2 aromatic carbocycles. The molecule has 0 fully saturated rings. The highest BCUT2D eigenvalue weighted by Gasteiger charge is 2.17. The Morgan fingerprint density at radius 1 is 1.19 bits per heavy atom. The lowest BCUT2D eigenvalue weighted by Gasteiger charge is -2.10. The van der Waals surface area contributed by atoms with Gasteiger partial charge in [-0.2, -0.15) is 0 Å². The molecule has 0 spiro atoms. The molecule has 0 aromatic heterocycles. The molecule has 6 nitrogen and oxygen atoms in total. The van der Waals surface area contributed by atoms with Gasteiger partial charge in [-0.1, -0.05) is 35.3 Å². The van der Waals surface area contributed by atoms with E-state index in [1.165, 1.54) is 25.3 Å². The van der Waals surface area contributed by atoms with Gasteiger partial charge in [-0.15, -0.1) is 0 Å². The summed E-state index contributed by atoms with van der Waals surface area (Å²) in [5.74, 6) is -1.48. The molecular formula is C18H17Cl2NO5. The van der Waals surface area contributed by atoms with E-state index < -0.39 is 18.5 Å². The fourth-order valence-electron chi connectivity index (χ4n) is 2.17. The maximum atomic E-state index is 12.0. The summed E-state index contributed by atoms with van der Waals surface area (Å²) in [5.41, 5.74) is 0.764. The van der Waals surface area contributed by atoms with Crippen LogP contribution < -0.4 is 10.1 Å². The lowest BCUT2D eigenvalue weighted by molar-refractivity contribution is -0.124. The summed E-state index contributed by atoms with van der Waals surface area (Å²) in [6.07, 6.45) is 0.506. The zero-order valence-electron chi connectivity index (χ0n) is 13.9. The minimum atomic E-state index is -0.822. The van der Waals surface area contributed by atoms with Crippen molar-refractivity contribution in [2.24, 2.45) is 0 Å². The van der Waals surface area contributed by atoms with Gasteiger partial charge in [-0.25, -0.2) is 4.79 Å². The average molecular weight is 398 g/mol. The van der Waals surface area contributed by atoms with E-state index >= 15 is 0 Å². The molecule has 0 bridgehead atoms. The van der Waals surface area contributed by atoms with Crippen LogP contribution in [0.2, 0.25) is 10.0 Å². The molecule has 0 radical (unpaired) electrons. The van der Waals surface area contributed by atoms with Crippen LogP contribution in [0.15, 0.2) is 36.4 Å². The van der Waals surface area contributed by atoms with Crippen molar-refractivity contribution in [3.63, 3.8) is 0 Å². The number of aromatic hydroxyl groups is 1. The molecule has 2 N–H and O–H groups in total. The minimum absolute atomic E-state index is 0.0786. The SMILES string of the molecule is COc1cccc(C(=O)OCC(=O)NCCc2ccc(Cl)cc2Cl)c1O. The van der Waals surface area contributed by atoms with E-state index in [-0.39, 0.29) is 17.1 Å². The number of amides is 1. The van der Waals surface area contributed by atoms with Crippen LogP contribution in [0.4, 0.5) is 0 Å². The van der Waals surface area contributed by atoms with Crippen LogP contribution >= 0.6 is 23.2 Å². The number of carbonyl (C=O) groups excluding carboxylic acids is 2. The van der Waals surface area contributed by atoms with Crippen molar-refractivity contribution in [1.82, 2.24) is 5.32 Å². The summed E-state index contributed by atoms with van der Waals surface area (Å²) in [7, 11) is 1.37. The first kappa shape index (κ1) is 19.9. The lowest BCUT2D eigenvalue weighted by atomic mass is 10.1. The van der Waals surface area contributed by atoms with Crippen molar-refractivity contribution in [2.45, 2.75) is 6.42 Å². The van der Waals surface area contributed by atoms with Gasteiger partial charge in [0, 0.05) is 16.6 Å². The van der Waals surface area contributed by atoms with Crippen LogP contribution in [0.25, 0.3) is 0 Å². The van der Waals surface area contributed by atoms with Gasteiger partial charge in [-0.3, -0.25) is 4.79 Å². The Balaban J connectivity index is 1.80. The summed E-state index contributed by atoms with van der Waals surface area (Å²) in [4.78, 5) is 23.7. The van der Waals surface area contributed by atoms with Crippen molar-refractivity contribution >= 4 is 35.1 Å². The normalized spacial score (nSPS) is 10.3. The number of benzene rings is 2. The molecule has 138 valence electrons. The first-order chi connectivity index (χ1) is 12.4. The number of rotatable bonds is 7. The fourth-order valence-corrected chi connectivity index (χ4v) is 2.68. The Morgan fingerprint density at radius 3 is 2.65 bits per heavy atom. The van der Waals surface area contributed by atoms with E-state index in [0.717, 1.165) is 5.56 Å². The summed E-state index contributed by atoms with van der Waals surface area (Å²) >= 11 is 11.9. The van der Waals surface area contributed by atoms with Crippen LogP contribution in [0.5, 0.6) is 11.5 Å².